The van der Waals surface area contributed by atoms with E-state index in [1.54, 1.807) is 12.3 Å². The molecule has 4 nitrogen and oxygen atoms in total. The van der Waals surface area contributed by atoms with Gasteiger partial charge in [0.2, 0.25) is 0 Å². The predicted molar refractivity (Wildman–Crippen MR) is 99.2 cm³/mol. The van der Waals surface area contributed by atoms with E-state index in [1.807, 2.05) is 54.6 Å². The van der Waals surface area contributed by atoms with Gasteiger partial charge in [0.05, 0.1) is 12.7 Å². The number of aliphatic hydroxyl groups is 1. The van der Waals surface area contributed by atoms with Gasteiger partial charge in [-0.15, -0.1) is 0 Å². The normalized spacial score (nSPS) is 18.7. The molecule has 2 heterocycles. The Morgan fingerprint density at radius 2 is 1.96 bits per heavy atom. The zero-order chi connectivity index (χ0) is 17.9. The first kappa shape index (κ1) is 16.5. The second-order valence-corrected chi connectivity index (χ2v) is 6.50. The number of rotatable bonds is 4. The quantitative estimate of drug-likeness (QED) is 0.730. The van der Waals surface area contributed by atoms with Crippen LogP contribution < -0.4 is 4.74 Å². The molecule has 2 atom stereocenters. The Morgan fingerprint density at radius 1 is 1.12 bits per heavy atom. The summed E-state index contributed by atoms with van der Waals surface area (Å²) in [5.41, 5.74) is 4.13. The Bertz CT molecular complexity index is 924. The number of fused-ring (bicyclic) bond motifs is 1. The van der Waals surface area contributed by atoms with Crippen molar-refractivity contribution in [1.82, 2.24) is 4.98 Å². The van der Waals surface area contributed by atoms with Gasteiger partial charge in [0.25, 0.3) is 0 Å². The van der Waals surface area contributed by atoms with E-state index >= 15 is 0 Å². The largest absolute Gasteiger partial charge is 0.493 e. The first-order valence-electron chi connectivity index (χ1n) is 8.65. The third-order valence-corrected chi connectivity index (χ3v) is 4.83. The summed E-state index contributed by atoms with van der Waals surface area (Å²) in [6, 6.07) is 19.0. The van der Waals surface area contributed by atoms with E-state index in [0.29, 0.717) is 24.3 Å². The topological polar surface area (TPSA) is 59.4 Å². The van der Waals surface area contributed by atoms with E-state index in [4.69, 9.17) is 4.74 Å². The van der Waals surface area contributed by atoms with Crippen molar-refractivity contribution < 1.29 is 14.6 Å². The van der Waals surface area contributed by atoms with Crippen LogP contribution >= 0.6 is 0 Å². The summed E-state index contributed by atoms with van der Waals surface area (Å²) in [6.45, 7) is 0.434. The third kappa shape index (κ3) is 3.11. The van der Waals surface area contributed by atoms with Crippen LogP contribution in [-0.2, 0) is 6.42 Å². The van der Waals surface area contributed by atoms with Gasteiger partial charge in [0.1, 0.15) is 5.75 Å². The van der Waals surface area contributed by atoms with Crippen LogP contribution in [0.15, 0.2) is 66.9 Å². The monoisotopic (exact) mass is 345 g/mol. The molecular formula is C22H19NO3. The van der Waals surface area contributed by atoms with Crippen LogP contribution in [-0.4, -0.2) is 23.0 Å². The van der Waals surface area contributed by atoms with E-state index in [9.17, 15) is 9.90 Å². The fourth-order valence-corrected chi connectivity index (χ4v) is 3.43. The summed E-state index contributed by atoms with van der Waals surface area (Å²) in [7, 11) is 0. The molecule has 0 radical (unpaired) electrons. The van der Waals surface area contributed by atoms with Gasteiger partial charge in [-0.2, -0.15) is 0 Å². The molecule has 4 rings (SSSR count). The van der Waals surface area contributed by atoms with E-state index in [2.05, 4.69) is 4.98 Å². The van der Waals surface area contributed by atoms with Crippen molar-refractivity contribution in [2.24, 2.45) is 5.92 Å². The van der Waals surface area contributed by atoms with Crippen LogP contribution in [0.25, 0.3) is 11.1 Å². The van der Waals surface area contributed by atoms with Crippen LogP contribution in [0.3, 0.4) is 0 Å². The Labute approximate surface area is 152 Å². The third-order valence-electron chi connectivity index (χ3n) is 4.83. The molecular weight excluding hydrogens is 326 g/mol. The number of aliphatic hydroxyl groups excluding tert-OH is 1. The first-order chi connectivity index (χ1) is 12.8. The molecule has 2 unspecified atom stereocenters. The molecule has 0 aliphatic carbocycles. The Kier molecular flexibility index (Phi) is 4.50. The highest BCUT2D eigenvalue weighted by atomic mass is 16.5. The molecule has 1 aromatic heterocycles. The molecule has 3 aromatic rings. The minimum atomic E-state index is -0.601. The van der Waals surface area contributed by atoms with Gasteiger partial charge in [0, 0.05) is 28.9 Å². The Hall–Kier alpha value is -2.98. The number of hydrogen-bond donors (Lipinski definition) is 1. The lowest BCUT2D eigenvalue weighted by molar-refractivity contribution is 0.0503. The molecule has 1 aliphatic heterocycles. The van der Waals surface area contributed by atoms with Crippen LogP contribution in [0.5, 0.6) is 5.75 Å². The van der Waals surface area contributed by atoms with Gasteiger partial charge in [0.15, 0.2) is 6.29 Å². The number of aldehydes is 1. The average Bonchev–Trinajstić information content (AvgIpc) is 2.70. The minimum Gasteiger partial charge on any atom is -0.493 e. The molecule has 2 aromatic carbocycles. The van der Waals surface area contributed by atoms with Gasteiger partial charge in [-0.3, -0.25) is 9.78 Å². The van der Waals surface area contributed by atoms with Crippen LogP contribution in [0.2, 0.25) is 0 Å². The summed E-state index contributed by atoms with van der Waals surface area (Å²) >= 11 is 0. The molecule has 1 aliphatic rings. The summed E-state index contributed by atoms with van der Waals surface area (Å²) in [4.78, 5) is 15.6. The van der Waals surface area contributed by atoms with E-state index in [0.717, 1.165) is 28.7 Å². The van der Waals surface area contributed by atoms with Crippen molar-refractivity contribution >= 4 is 6.29 Å². The summed E-state index contributed by atoms with van der Waals surface area (Å²) in [5, 5.41) is 10.8. The summed E-state index contributed by atoms with van der Waals surface area (Å²) in [6.07, 6.45) is 2.68. The maximum atomic E-state index is 11.3. The fourth-order valence-electron chi connectivity index (χ4n) is 3.43. The minimum absolute atomic E-state index is 0.0366. The molecule has 0 saturated heterocycles. The predicted octanol–water partition coefficient (Wildman–Crippen LogP) is 3.85. The van der Waals surface area contributed by atoms with Gasteiger partial charge < -0.3 is 9.84 Å². The average molecular weight is 345 g/mol. The lowest BCUT2D eigenvalue weighted by Gasteiger charge is -2.30. The van der Waals surface area contributed by atoms with Crippen molar-refractivity contribution in [3.05, 3.63) is 83.7 Å². The second kappa shape index (κ2) is 7.10. The molecule has 0 fully saturated rings. The maximum absolute atomic E-state index is 11.3. The number of carbonyl (C=O) groups is 1. The van der Waals surface area contributed by atoms with Crippen LogP contribution in [0.1, 0.15) is 27.7 Å². The standard InChI is InChI=1S/C22H19NO3/c24-13-16-5-1-2-7-19(16)15-8-9-20-21(12-15)26-14-17(22(20)25)11-18-6-3-4-10-23-18/h1-10,12-13,17,22,25H,11,14H2. The summed E-state index contributed by atoms with van der Waals surface area (Å²) in [5.74, 6) is 0.637. The number of aromatic nitrogens is 1. The number of hydrogen-bond acceptors (Lipinski definition) is 4. The maximum Gasteiger partial charge on any atom is 0.150 e. The lowest BCUT2D eigenvalue weighted by Crippen LogP contribution is -2.28. The zero-order valence-corrected chi connectivity index (χ0v) is 14.2. The number of pyridine rings is 1. The molecule has 0 saturated carbocycles. The number of carbonyl (C=O) groups excluding carboxylic acids is 1. The van der Waals surface area contributed by atoms with Crippen molar-refractivity contribution in [2.45, 2.75) is 12.5 Å². The fraction of sp³-hybridized carbons (Fsp3) is 0.182. The van der Waals surface area contributed by atoms with Crippen molar-refractivity contribution in [3.8, 4) is 16.9 Å². The first-order valence-corrected chi connectivity index (χ1v) is 8.65. The van der Waals surface area contributed by atoms with Gasteiger partial charge in [-0.05, 0) is 35.7 Å². The highest BCUT2D eigenvalue weighted by molar-refractivity contribution is 5.87. The van der Waals surface area contributed by atoms with E-state index in [-0.39, 0.29) is 5.92 Å². The van der Waals surface area contributed by atoms with Crippen molar-refractivity contribution in [2.75, 3.05) is 6.61 Å². The molecule has 1 N–H and O–H groups in total. The molecule has 26 heavy (non-hydrogen) atoms. The SMILES string of the molecule is O=Cc1ccccc1-c1ccc2c(c1)OCC(Cc1ccccn1)C2O. The molecule has 4 heteroatoms. The van der Waals surface area contributed by atoms with E-state index in [1.165, 1.54) is 0 Å². The number of nitrogens with zero attached hydrogens (tertiary/aromatic N) is 1. The highest BCUT2D eigenvalue weighted by Gasteiger charge is 2.30. The smallest absolute Gasteiger partial charge is 0.150 e. The second-order valence-electron chi connectivity index (χ2n) is 6.50. The summed E-state index contributed by atoms with van der Waals surface area (Å²) < 4.78 is 5.94. The van der Waals surface area contributed by atoms with Crippen LogP contribution in [0, 0.1) is 5.92 Å². The van der Waals surface area contributed by atoms with Crippen LogP contribution in [0.4, 0.5) is 0 Å². The zero-order valence-electron chi connectivity index (χ0n) is 14.2. The van der Waals surface area contributed by atoms with Crippen molar-refractivity contribution in [3.63, 3.8) is 0 Å². The molecule has 0 amide bonds. The number of ether oxygens (including phenoxy) is 1. The Morgan fingerprint density at radius 3 is 2.77 bits per heavy atom. The Balaban J connectivity index is 1.61. The number of benzene rings is 2. The van der Waals surface area contributed by atoms with Crippen molar-refractivity contribution in [1.29, 1.82) is 0 Å². The molecule has 0 bridgehead atoms. The lowest BCUT2D eigenvalue weighted by atomic mass is 9.88. The highest BCUT2D eigenvalue weighted by Crippen LogP contribution is 2.39. The molecule has 130 valence electrons. The van der Waals surface area contributed by atoms with E-state index < -0.39 is 6.10 Å². The van der Waals surface area contributed by atoms with Gasteiger partial charge >= 0.3 is 0 Å². The van der Waals surface area contributed by atoms with Gasteiger partial charge in [-0.1, -0.05) is 42.5 Å². The molecule has 0 spiro atoms. The van der Waals surface area contributed by atoms with Gasteiger partial charge in [-0.25, -0.2) is 0 Å².